The number of carbonyl (C=O) groups is 2. The molecule has 0 radical (unpaired) electrons. The highest BCUT2D eigenvalue weighted by molar-refractivity contribution is 14.0. The van der Waals surface area contributed by atoms with Crippen LogP contribution in [0, 0.1) is 0 Å². The molecule has 2 rings (SSSR count). The summed E-state index contributed by atoms with van der Waals surface area (Å²) < 4.78 is 5.44. The third-order valence-corrected chi connectivity index (χ3v) is 4.94. The molecule has 10 heteroatoms. The second-order valence-corrected chi connectivity index (χ2v) is 8.97. The summed E-state index contributed by atoms with van der Waals surface area (Å²) >= 11 is 1.66. The number of ether oxygens (including phenoxy) is 1. The summed E-state index contributed by atoms with van der Waals surface area (Å²) in [5.74, 6) is 0.499. The van der Waals surface area contributed by atoms with Crippen LogP contribution in [-0.4, -0.2) is 73.1 Å². The van der Waals surface area contributed by atoms with Gasteiger partial charge in [-0.15, -0.1) is 35.3 Å². The Labute approximate surface area is 194 Å². The number of carbonyl (C=O) groups excluding carboxylic acids is 2. The number of hydrogen-bond donors (Lipinski definition) is 2. The first-order valence-electron chi connectivity index (χ1n) is 9.39. The van der Waals surface area contributed by atoms with Crippen molar-refractivity contribution in [2.24, 2.45) is 4.99 Å². The maximum Gasteiger partial charge on any atom is 0.410 e. The summed E-state index contributed by atoms with van der Waals surface area (Å²) in [5, 5.41) is 8.63. The second-order valence-electron chi connectivity index (χ2n) is 7.94. The summed E-state index contributed by atoms with van der Waals surface area (Å²) in [6, 6.07) is 4.09. The standard InChI is InChI=1S/C19H31N5O3S.HI/c1-19(2,3)27-18(26)24-9-8-14(13-24)22-17(21-12-16(25)23(4)5)20-11-15-7-6-10-28-15;/h6-7,10,14H,8-9,11-13H2,1-5H3,(H2,20,21,22);1H. The first-order valence-corrected chi connectivity index (χ1v) is 10.3. The molecule has 2 heterocycles. The van der Waals surface area contributed by atoms with Crippen molar-refractivity contribution in [3.05, 3.63) is 22.4 Å². The largest absolute Gasteiger partial charge is 0.444 e. The molecular formula is C19H32IN5O3S. The molecule has 2 N–H and O–H groups in total. The van der Waals surface area contributed by atoms with Gasteiger partial charge in [0.15, 0.2) is 5.96 Å². The fourth-order valence-electron chi connectivity index (χ4n) is 2.59. The van der Waals surface area contributed by atoms with Gasteiger partial charge in [-0.05, 0) is 38.6 Å². The van der Waals surface area contributed by atoms with E-state index in [9.17, 15) is 9.59 Å². The van der Waals surface area contributed by atoms with Crippen LogP contribution in [0.2, 0.25) is 0 Å². The normalized spacial score (nSPS) is 16.8. The molecule has 1 aliphatic rings. The second kappa shape index (κ2) is 11.6. The van der Waals surface area contributed by atoms with Crippen LogP contribution in [0.5, 0.6) is 0 Å². The molecular weight excluding hydrogens is 505 g/mol. The van der Waals surface area contributed by atoms with E-state index >= 15 is 0 Å². The Morgan fingerprint density at radius 3 is 2.69 bits per heavy atom. The Morgan fingerprint density at radius 1 is 1.38 bits per heavy atom. The Balaban J connectivity index is 0.00000420. The highest BCUT2D eigenvalue weighted by atomic mass is 127. The highest BCUT2D eigenvalue weighted by Gasteiger charge is 2.30. The van der Waals surface area contributed by atoms with Crippen LogP contribution in [0.15, 0.2) is 22.5 Å². The third kappa shape index (κ3) is 9.20. The van der Waals surface area contributed by atoms with E-state index in [0.29, 0.717) is 25.6 Å². The van der Waals surface area contributed by atoms with Crippen molar-refractivity contribution in [3.8, 4) is 0 Å². The van der Waals surface area contributed by atoms with Gasteiger partial charge in [-0.25, -0.2) is 9.79 Å². The smallest absolute Gasteiger partial charge is 0.410 e. The van der Waals surface area contributed by atoms with Crippen LogP contribution < -0.4 is 10.6 Å². The van der Waals surface area contributed by atoms with Crippen molar-refractivity contribution in [3.63, 3.8) is 0 Å². The number of nitrogens with one attached hydrogen (secondary N) is 2. The molecule has 164 valence electrons. The van der Waals surface area contributed by atoms with Crippen molar-refractivity contribution in [1.29, 1.82) is 0 Å². The lowest BCUT2D eigenvalue weighted by atomic mass is 10.2. The minimum atomic E-state index is -0.510. The molecule has 8 nitrogen and oxygen atoms in total. The van der Waals surface area contributed by atoms with Gasteiger partial charge in [-0.3, -0.25) is 4.79 Å². The van der Waals surface area contributed by atoms with Crippen molar-refractivity contribution < 1.29 is 14.3 Å². The quantitative estimate of drug-likeness (QED) is 0.343. The maximum atomic E-state index is 12.2. The molecule has 1 aliphatic heterocycles. The van der Waals surface area contributed by atoms with Crippen LogP contribution in [-0.2, 0) is 16.1 Å². The summed E-state index contributed by atoms with van der Waals surface area (Å²) in [5.41, 5.74) is -0.510. The van der Waals surface area contributed by atoms with Crippen molar-refractivity contribution in [1.82, 2.24) is 20.4 Å². The zero-order valence-electron chi connectivity index (χ0n) is 17.7. The van der Waals surface area contributed by atoms with Gasteiger partial charge in [0.05, 0.1) is 6.54 Å². The number of amides is 2. The molecule has 0 aromatic carbocycles. The van der Waals surface area contributed by atoms with E-state index in [1.54, 1.807) is 30.3 Å². The third-order valence-electron chi connectivity index (χ3n) is 4.06. The zero-order valence-corrected chi connectivity index (χ0v) is 20.9. The number of rotatable bonds is 5. The van der Waals surface area contributed by atoms with E-state index in [-0.39, 0.29) is 48.6 Å². The first kappa shape index (κ1) is 25.5. The van der Waals surface area contributed by atoms with Gasteiger partial charge in [0, 0.05) is 38.1 Å². The maximum absolute atomic E-state index is 12.2. The van der Waals surface area contributed by atoms with Gasteiger partial charge in [-0.1, -0.05) is 6.07 Å². The van der Waals surface area contributed by atoms with Gasteiger partial charge in [0.2, 0.25) is 5.91 Å². The van der Waals surface area contributed by atoms with E-state index in [4.69, 9.17) is 4.74 Å². The lowest BCUT2D eigenvalue weighted by molar-refractivity contribution is -0.127. The number of thiophene rings is 1. The minimum absolute atomic E-state index is 0. The minimum Gasteiger partial charge on any atom is -0.444 e. The lowest BCUT2D eigenvalue weighted by Crippen LogP contribution is -2.45. The Morgan fingerprint density at radius 2 is 2.10 bits per heavy atom. The molecule has 0 saturated carbocycles. The fourth-order valence-corrected chi connectivity index (χ4v) is 3.23. The van der Waals surface area contributed by atoms with E-state index in [0.717, 1.165) is 6.42 Å². The molecule has 1 unspecified atom stereocenters. The SMILES string of the molecule is CN(C)C(=O)CN=C(NCc1cccs1)NC1CCN(C(=O)OC(C)(C)C)C1.I. The number of hydrogen-bond acceptors (Lipinski definition) is 5. The van der Waals surface area contributed by atoms with Crippen LogP contribution >= 0.6 is 35.3 Å². The number of likely N-dealkylation sites (N-methyl/N-ethyl adjacent to an activating group) is 1. The van der Waals surface area contributed by atoms with Crippen molar-refractivity contribution in [2.75, 3.05) is 33.7 Å². The Bertz CT molecular complexity index is 689. The van der Waals surface area contributed by atoms with Gasteiger partial charge >= 0.3 is 6.09 Å². The number of likely N-dealkylation sites (tertiary alicyclic amines) is 1. The van der Waals surface area contributed by atoms with E-state index in [2.05, 4.69) is 15.6 Å². The zero-order chi connectivity index (χ0) is 20.7. The summed E-state index contributed by atoms with van der Waals surface area (Å²) in [6.45, 7) is 7.43. The average molecular weight is 537 g/mol. The summed E-state index contributed by atoms with van der Waals surface area (Å²) in [7, 11) is 3.42. The molecule has 1 aromatic heterocycles. The molecule has 0 spiro atoms. The van der Waals surface area contributed by atoms with Crippen LogP contribution in [0.4, 0.5) is 4.79 Å². The fraction of sp³-hybridized carbons (Fsp3) is 0.632. The molecule has 29 heavy (non-hydrogen) atoms. The predicted molar refractivity (Wildman–Crippen MR) is 127 cm³/mol. The van der Waals surface area contributed by atoms with Crippen LogP contribution in [0.1, 0.15) is 32.1 Å². The average Bonchev–Trinajstić information content (AvgIpc) is 3.27. The van der Waals surface area contributed by atoms with E-state index < -0.39 is 5.60 Å². The topological polar surface area (TPSA) is 86.3 Å². The van der Waals surface area contributed by atoms with Crippen molar-refractivity contribution >= 4 is 53.3 Å². The van der Waals surface area contributed by atoms with Gasteiger partial charge in [0.1, 0.15) is 12.1 Å². The molecule has 1 saturated heterocycles. The van der Waals surface area contributed by atoms with E-state index in [1.165, 1.54) is 9.78 Å². The Kier molecular flexibility index (Phi) is 10.2. The molecule has 1 atom stereocenters. The number of aliphatic imine (C=N–C) groups is 1. The number of guanidine groups is 1. The highest BCUT2D eigenvalue weighted by Crippen LogP contribution is 2.15. The molecule has 1 fully saturated rings. The van der Waals surface area contributed by atoms with E-state index in [1.807, 2.05) is 38.3 Å². The first-order chi connectivity index (χ1) is 13.1. The Hall–Kier alpha value is -1.56. The van der Waals surface area contributed by atoms with Crippen molar-refractivity contribution in [2.45, 2.75) is 45.4 Å². The van der Waals surface area contributed by atoms with Crippen LogP contribution in [0.3, 0.4) is 0 Å². The number of nitrogens with zero attached hydrogens (tertiary/aromatic N) is 3. The molecule has 1 aromatic rings. The predicted octanol–water partition coefficient (Wildman–Crippen LogP) is 2.50. The summed E-state index contributed by atoms with van der Waals surface area (Å²) in [4.78, 5) is 32.9. The number of halogens is 1. The lowest BCUT2D eigenvalue weighted by Gasteiger charge is -2.24. The van der Waals surface area contributed by atoms with Gasteiger partial charge < -0.3 is 25.2 Å². The van der Waals surface area contributed by atoms with Gasteiger partial charge in [0.25, 0.3) is 0 Å². The summed E-state index contributed by atoms with van der Waals surface area (Å²) in [6.07, 6.45) is 0.491. The van der Waals surface area contributed by atoms with Gasteiger partial charge in [-0.2, -0.15) is 0 Å². The molecule has 2 amide bonds. The molecule has 0 aliphatic carbocycles. The van der Waals surface area contributed by atoms with Crippen LogP contribution in [0.25, 0.3) is 0 Å². The monoisotopic (exact) mass is 537 g/mol. The molecule has 0 bridgehead atoms.